The van der Waals surface area contributed by atoms with Crippen LogP contribution in [0, 0.1) is 0 Å². The lowest BCUT2D eigenvalue weighted by molar-refractivity contribution is 0.0690. The molecule has 5 nitrogen and oxygen atoms in total. The minimum Gasteiger partial charge on any atom is -0.476 e. The number of carbonyl (C=O) groups is 1. The lowest BCUT2D eigenvalue weighted by Crippen LogP contribution is -2.11. The van der Waals surface area contributed by atoms with Gasteiger partial charge in [0.15, 0.2) is 5.69 Å². The van der Waals surface area contributed by atoms with E-state index in [4.69, 9.17) is 0 Å². The molecule has 0 aliphatic rings. The van der Waals surface area contributed by atoms with Gasteiger partial charge in [-0.3, -0.25) is 4.40 Å². The molecule has 0 amide bonds. The van der Waals surface area contributed by atoms with Crippen LogP contribution in [0.1, 0.15) is 41.4 Å². The Morgan fingerprint density at radius 2 is 1.92 bits per heavy atom. The summed E-state index contributed by atoms with van der Waals surface area (Å²) in [7, 11) is 0. The molecule has 1 aromatic carbocycles. The van der Waals surface area contributed by atoms with E-state index in [1.165, 1.54) is 18.4 Å². The number of aryl methyl sites for hydroxylation is 1. The van der Waals surface area contributed by atoms with Crippen molar-refractivity contribution in [3.8, 4) is 0 Å². The lowest BCUT2D eigenvalue weighted by Gasteiger charge is -2.12. The van der Waals surface area contributed by atoms with Crippen LogP contribution in [0.5, 0.6) is 0 Å². The number of imidazole rings is 1. The van der Waals surface area contributed by atoms with Crippen molar-refractivity contribution in [2.24, 2.45) is 0 Å². The average Bonchev–Trinajstić information content (AvgIpc) is 3.06. The molecular weight excluding hydrogens is 302 g/mol. The Balaban J connectivity index is 1.75. The first-order chi connectivity index (χ1) is 11.7. The SMILES string of the molecule is CCCCc1ccc(CNc2ccc3nccn3c2C(=O)O)cc1. The van der Waals surface area contributed by atoms with Gasteiger partial charge in [-0.25, -0.2) is 9.78 Å². The van der Waals surface area contributed by atoms with Crippen LogP contribution in [0.3, 0.4) is 0 Å². The molecule has 0 aliphatic carbocycles. The smallest absolute Gasteiger partial charge is 0.355 e. The van der Waals surface area contributed by atoms with Crippen molar-refractivity contribution in [1.29, 1.82) is 0 Å². The Bertz CT molecular complexity index is 837. The summed E-state index contributed by atoms with van der Waals surface area (Å²) < 4.78 is 1.58. The number of nitrogens with zero attached hydrogens (tertiary/aromatic N) is 2. The molecule has 5 heteroatoms. The Hall–Kier alpha value is -2.82. The monoisotopic (exact) mass is 323 g/mol. The van der Waals surface area contributed by atoms with Crippen LogP contribution in [0.4, 0.5) is 5.69 Å². The first-order valence-corrected chi connectivity index (χ1v) is 8.20. The van der Waals surface area contributed by atoms with Crippen LogP contribution in [-0.2, 0) is 13.0 Å². The van der Waals surface area contributed by atoms with E-state index in [9.17, 15) is 9.90 Å². The van der Waals surface area contributed by atoms with Crippen molar-refractivity contribution in [3.63, 3.8) is 0 Å². The number of aromatic carboxylic acids is 1. The predicted octanol–water partition coefficient (Wildman–Crippen LogP) is 3.99. The molecule has 0 bridgehead atoms. The van der Waals surface area contributed by atoms with Gasteiger partial charge in [0.05, 0.1) is 5.69 Å². The molecule has 0 spiro atoms. The Morgan fingerprint density at radius 1 is 1.17 bits per heavy atom. The van der Waals surface area contributed by atoms with Crippen molar-refractivity contribution >= 4 is 17.3 Å². The molecule has 0 aliphatic heterocycles. The standard InChI is InChI=1S/C19H21N3O2/c1-2-3-4-14-5-7-15(8-6-14)13-21-16-9-10-17-20-11-12-22(17)18(16)19(23)24/h5-12,21H,2-4,13H2,1H3,(H,23,24). The van der Waals surface area contributed by atoms with E-state index in [2.05, 4.69) is 41.5 Å². The summed E-state index contributed by atoms with van der Waals surface area (Å²) in [6.07, 6.45) is 6.75. The van der Waals surface area contributed by atoms with E-state index in [-0.39, 0.29) is 5.69 Å². The summed E-state index contributed by atoms with van der Waals surface area (Å²) in [5, 5.41) is 12.7. The van der Waals surface area contributed by atoms with Crippen molar-refractivity contribution in [1.82, 2.24) is 9.38 Å². The number of anilines is 1. The summed E-state index contributed by atoms with van der Waals surface area (Å²) in [6, 6.07) is 12.0. The highest BCUT2D eigenvalue weighted by molar-refractivity contribution is 5.93. The third-order valence-corrected chi connectivity index (χ3v) is 4.09. The highest BCUT2D eigenvalue weighted by Crippen LogP contribution is 2.19. The number of nitrogens with one attached hydrogen (secondary N) is 1. The number of unbranched alkanes of at least 4 members (excludes halogenated alkanes) is 1. The Labute approximate surface area is 141 Å². The van der Waals surface area contributed by atoms with Gasteiger partial charge in [0.25, 0.3) is 0 Å². The summed E-state index contributed by atoms with van der Waals surface area (Å²) in [5.41, 5.74) is 3.87. The second kappa shape index (κ2) is 7.17. The van der Waals surface area contributed by atoms with Crippen LogP contribution in [0.15, 0.2) is 48.8 Å². The third-order valence-electron chi connectivity index (χ3n) is 4.09. The summed E-state index contributed by atoms with van der Waals surface area (Å²) in [6.45, 7) is 2.77. The summed E-state index contributed by atoms with van der Waals surface area (Å²) >= 11 is 0. The van der Waals surface area contributed by atoms with Crippen LogP contribution in [0.25, 0.3) is 5.65 Å². The lowest BCUT2D eigenvalue weighted by atomic mass is 10.1. The van der Waals surface area contributed by atoms with Gasteiger partial charge in [-0.15, -0.1) is 0 Å². The first-order valence-electron chi connectivity index (χ1n) is 8.20. The molecule has 3 aromatic rings. The number of carboxylic acid groups (broad SMARTS) is 1. The zero-order valence-electron chi connectivity index (χ0n) is 13.7. The molecule has 0 saturated heterocycles. The number of hydrogen-bond acceptors (Lipinski definition) is 3. The minimum absolute atomic E-state index is 0.199. The number of benzene rings is 1. The predicted molar refractivity (Wildman–Crippen MR) is 94.5 cm³/mol. The first kappa shape index (κ1) is 16.1. The number of carboxylic acids is 1. The van der Waals surface area contributed by atoms with Crippen molar-refractivity contribution in [3.05, 3.63) is 65.6 Å². The molecular formula is C19H21N3O2. The number of fused-ring (bicyclic) bond motifs is 1. The quantitative estimate of drug-likeness (QED) is 0.690. The van der Waals surface area contributed by atoms with E-state index in [0.717, 1.165) is 12.0 Å². The van der Waals surface area contributed by atoms with Gasteiger partial charge in [-0.05, 0) is 36.1 Å². The third kappa shape index (κ3) is 3.40. The summed E-state index contributed by atoms with van der Waals surface area (Å²) in [5.74, 6) is -0.976. The van der Waals surface area contributed by atoms with Crippen molar-refractivity contribution < 1.29 is 9.90 Å². The van der Waals surface area contributed by atoms with Gasteiger partial charge in [-0.1, -0.05) is 37.6 Å². The fraction of sp³-hybridized carbons (Fsp3) is 0.263. The molecule has 0 radical (unpaired) electrons. The van der Waals surface area contributed by atoms with E-state index in [0.29, 0.717) is 17.9 Å². The molecule has 24 heavy (non-hydrogen) atoms. The van der Waals surface area contributed by atoms with E-state index in [1.54, 1.807) is 22.9 Å². The normalized spacial score (nSPS) is 10.9. The molecule has 124 valence electrons. The molecule has 2 N–H and O–H groups in total. The van der Waals surface area contributed by atoms with Crippen molar-refractivity contribution in [2.45, 2.75) is 32.7 Å². The second-order valence-corrected chi connectivity index (χ2v) is 5.83. The van der Waals surface area contributed by atoms with Crippen LogP contribution >= 0.6 is 0 Å². The Morgan fingerprint density at radius 3 is 2.62 bits per heavy atom. The van der Waals surface area contributed by atoms with Gasteiger partial charge in [-0.2, -0.15) is 0 Å². The van der Waals surface area contributed by atoms with Crippen LogP contribution in [-0.4, -0.2) is 20.5 Å². The van der Waals surface area contributed by atoms with Gasteiger partial charge in [0, 0.05) is 18.9 Å². The maximum absolute atomic E-state index is 11.6. The summed E-state index contributed by atoms with van der Waals surface area (Å²) in [4.78, 5) is 15.7. The van der Waals surface area contributed by atoms with E-state index in [1.807, 2.05) is 6.07 Å². The topological polar surface area (TPSA) is 66.6 Å². The highest BCUT2D eigenvalue weighted by Gasteiger charge is 2.14. The molecule has 3 rings (SSSR count). The zero-order valence-corrected chi connectivity index (χ0v) is 13.7. The number of aromatic nitrogens is 2. The highest BCUT2D eigenvalue weighted by atomic mass is 16.4. The molecule has 0 atom stereocenters. The van der Waals surface area contributed by atoms with Crippen LogP contribution in [0.2, 0.25) is 0 Å². The molecule has 0 unspecified atom stereocenters. The van der Waals surface area contributed by atoms with Crippen LogP contribution < -0.4 is 5.32 Å². The molecule has 2 heterocycles. The zero-order chi connectivity index (χ0) is 16.9. The maximum atomic E-state index is 11.6. The van der Waals surface area contributed by atoms with Crippen molar-refractivity contribution in [2.75, 3.05) is 5.32 Å². The average molecular weight is 323 g/mol. The van der Waals surface area contributed by atoms with E-state index < -0.39 is 5.97 Å². The van der Waals surface area contributed by atoms with Gasteiger partial charge < -0.3 is 10.4 Å². The fourth-order valence-electron chi connectivity index (χ4n) is 2.76. The number of hydrogen-bond donors (Lipinski definition) is 2. The van der Waals surface area contributed by atoms with Gasteiger partial charge >= 0.3 is 5.97 Å². The van der Waals surface area contributed by atoms with Gasteiger partial charge in [0.2, 0.25) is 0 Å². The molecule has 2 aromatic heterocycles. The molecule has 0 saturated carbocycles. The Kier molecular flexibility index (Phi) is 4.79. The molecule has 0 fully saturated rings. The minimum atomic E-state index is -0.976. The number of rotatable bonds is 7. The van der Waals surface area contributed by atoms with Gasteiger partial charge in [0.1, 0.15) is 5.65 Å². The largest absolute Gasteiger partial charge is 0.476 e. The second-order valence-electron chi connectivity index (χ2n) is 5.83. The maximum Gasteiger partial charge on any atom is 0.355 e. The number of pyridine rings is 1. The van der Waals surface area contributed by atoms with E-state index >= 15 is 0 Å². The fourth-order valence-corrected chi connectivity index (χ4v) is 2.76.